The Morgan fingerprint density at radius 1 is 1.19 bits per heavy atom. The smallest absolute Gasteiger partial charge is 0.266 e. The predicted molar refractivity (Wildman–Crippen MR) is 82.7 cm³/mol. The molecule has 0 atom stereocenters. The number of benzene rings is 1. The molecular formula is C13H12Cl2N2O3S. The molecule has 0 aliphatic rings. The van der Waals surface area contributed by atoms with Gasteiger partial charge < -0.3 is 4.74 Å². The SMILES string of the molecule is CCOc1cc(Cl)ccc1S(=O)(=O)Nc1ccc(Cl)cn1. The van der Waals surface area contributed by atoms with Crippen LogP contribution in [0, 0.1) is 0 Å². The van der Waals surface area contributed by atoms with Gasteiger partial charge in [0, 0.05) is 17.3 Å². The van der Waals surface area contributed by atoms with Crippen molar-refractivity contribution in [2.75, 3.05) is 11.3 Å². The second-order valence-corrected chi connectivity index (χ2v) is 6.51. The van der Waals surface area contributed by atoms with Crippen LogP contribution in [0.15, 0.2) is 41.4 Å². The molecule has 0 amide bonds. The van der Waals surface area contributed by atoms with E-state index in [0.29, 0.717) is 16.7 Å². The number of pyridine rings is 1. The minimum atomic E-state index is -3.84. The lowest BCUT2D eigenvalue weighted by atomic mass is 10.3. The van der Waals surface area contributed by atoms with Gasteiger partial charge >= 0.3 is 0 Å². The number of aromatic nitrogens is 1. The van der Waals surface area contributed by atoms with Crippen LogP contribution in [0.3, 0.4) is 0 Å². The van der Waals surface area contributed by atoms with E-state index in [0.717, 1.165) is 0 Å². The van der Waals surface area contributed by atoms with E-state index in [1.807, 2.05) is 0 Å². The van der Waals surface area contributed by atoms with Crippen molar-refractivity contribution in [1.82, 2.24) is 4.98 Å². The molecule has 21 heavy (non-hydrogen) atoms. The topological polar surface area (TPSA) is 68.3 Å². The summed E-state index contributed by atoms with van der Waals surface area (Å²) in [6, 6.07) is 7.32. The number of sulfonamides is 1. The molecule has 1 aromatic heterocycles. The van der Waals surface area contributed by atoms with Crippen molar-refractivity contribution in [3.63, 3.8) is 0 Å². The van der Waals surface area contributed by atoms with E-state index in [-0.39, 0.29) is 16.5 Å². The van der Waals surface area contributed by atoms with Crippen molar-refractivity contribution in [1.29, 1.82) is 0 Å². The summed E-state index contributed by atoms with van der Waals surface area (Å²) in [7, 11) is -3.84. The van der Waals surface area contributed by atoms with Crippen molar-refractivity contribution in [2.45, 2.75) is 11.8 Å². The van der Waals surface area contributed by atoms with Gasteiger partial charge in [0.2, 0.25) is 0 Å². The number of rotatable bonds is 5. The van der Waals surface area contributed by atoms with Crippen LogP contribution in [-0.4, -0.2) is 20.0 Å². The lowest BCUT2D eigenvalue weighted by Crippen LogP contribution is -2.15. The predicted octanol–water partition coefficient (Wildman–Crippen LogP) is 3.59. The maximum Gasteiger partial charge on any atom is 0.266 e. The number of nitrogens with zero attached hydrogens (tertiary/aromatic N) is 1. The Bertz CT molecular complexity index is 734. The number of hydrogen-bond acceptors (Lipinski definition) is 4. The summed E-state index contributed by atoms with van der Waals surface area (Å²) in [6.07, 6.45) is 1.35. The number of halogens is 2. The summed E-state index contributed by atoms with van der Waals surface area (Å²) in [5.74, 6) is 0.350. The van der Waals surface area contributed by atoms with Crippen LogP contribution in [0.5, 0.6) is 5.75 Å². The van der Waals surface area contributed by atoms with Crippen molar-refractivity contribution >= 4 is 39.0 Å². The highest BCUT2D eigenvalue weighted by atomic mass is 35.5. The maximum absolute atomic E-state index is 12.4. The first-order valence-corrected chi connectivity index (χ1v) is 8.23. The lowest BCUT2D eigenvalue weighted by molar-refractivity contribution is 0.331. The molecule has 0 aliphatic carbocycles. The molecule has 1 heterocycles. The first-order chi connectivity index (χ1) is 9.92. The number of anilines is 1. The zero-order chi connectivity index (χ0) is 15.5. The third kappa shape index (κ3) is 4.00. The fourth-order valence-electron chi connectivity index (χ4n) is 1.60. The van der Waals surface area contributed by atoms with Crippen molar-refractivity contribution in [3.8, 4) is 5.75 Å². The van der Waals surface area contributed by atoms with Gasteiger partial charge in [0.15, 0.2) is 0 Å². The van der Waals surface area contributed by atoms with Crippen molar-refractivity contribution < 1.29 is 13.2 Å². The van der Waals surface area contributed by atoms with Gasteiger partial charge in [0.25, 0.3) is 10.0 Å². The summed E-state index contributed by atoms with van der Waals surface area (Å²) < 4.78 is 32.4. The molecule has 0 radical (unpaired) electrons. The molecule has 0 saturated heterocycles. The summed E-state index contributed by atoms with van der Waals surface area (Å²) in [4.78, 5) is 3.88. The zero-order valence-electron chi connectivity index (χ0n) is 11.0. The van der Waals surface area contributed by atoms with Gasteiger partial charge in [-0.05, 0) is 31.2 Å². The monoisotopic (exact) mass is 346 g/mol. The summed E-state index contributed by atoms with van der Waals surface area (Å²) >= 11 is 11.6. The van der Waals surface area contributed by atoms with Crippen LogP contribution in [0.4, 0.5) is 5.82 Å². The quantitative estimate of drug-likeness (QED) is 0.898. The molecule has 1 N–H and O–H groups in total. The largest absolute Gasteiger partial charge is 0.492 e. The molecule has 2 rings (SSSR count). The average Bonchev–Trinajstić information content (AvgIpc) is 2.41. The Balaban J connectivity index is 2.37. The Morgan fingerprint density at radius 3 is 2.52 bits per heavy atom. The molecule has 0 saturated carbocycles. The van der Waals surface area contributed by atoms with Gasteiger partial charge in [-0.25, -0.2) is 13.4 Å². The van der Waals surface area contributed by atoms with E-state index < -0.39 is 10.0 Å². The van der Waals surface area contributed by atoms with Crippen LogP contribution in [0.25, 0.3) is 0 Å². The lowest BCUT2D eigenvalue weighted by Gasteiger charge is -2.12. The Morgan fingerprint density at radius 2 is 1.90 bits per heavy atom. The van der Waals surface area contributed by atoms with Gasteiger partial charge in [-0.2, -0.15) is 0 Å². The fourth-order valence-corrected chi connectivity index (χ4v) is 3.01. The molecule has 0 fully saturated rings. The fraction of sp³-hybridized carbons (Fsp3) is 0.154. The van der Waals surface area contributed by atoms with Gasteiger partial charge in [-0.15, -0.1) is 0 Å². The van der Waals surface area contributed by atoms with Crippen molar-refractivity contribution in [2.24, 2.45) is 0 Å². The van der Waals surface area contributed by atoms with E-state index >= 15 is 0 Å². The molecule has 1 aromatic carbocycles. The number of nitrogens with one attached hydrogen (secondary N) is 1. The van der Waals surface area contributed by atoms with E-state index in [1.54, 1.807) is 6.92 Å². The van der Waals surface area contributed by atoms with E-state index in [4.69, 9.17) is 27.9 Å². The number of ether oxygens (including phenoxy) is 1. The molecule has 5 nitrogen and oxygen atoms in total. The van der Waals surface area contributed by atoms with Gasteiger partial charge in [0.1, 0.15) is 16.5 Å². The van der Waals surface area contributed by atoms with Crippen LogP contribution in [-0.2, 0) is 10.0 Å². The van der Waals surface area contributed by atoms with Gasteiger partial charge in [0.05, 0.1) is 11.6 Å². The van der Waals surface area contributed by atoms with Crippen LogP contribution >= 0.6 is 23.2 Å². The zero-order valence-corrected chi connectivity index (χ0v) is 13.3. The summed E-state index contributed by atoms with van der Waals surface area (Å²) in [5.41, 5.74) is 0. The first kappa shape index (κ1) is 15.9. The molecule has 0 aliphatic heterocycles. The highest BCUT2D eigenvalue weighted by Gasteiger charge is 2.20. The third-order valence-corrected chi connectivity index (χ3v) is 4.31. The van der Waals surface area contributed by atoms with E-state index in [2.05, 4.69) is 9.71 Å². The molecule has 0 spiro atoms. The normalized spacial score (nSPS) is 11.2. The standard InChI is InChI=1S/C13H12Cl2N2O3S/c1-2-20-11-7-9(14)3-5-12(11)21(18,19)17-13-6-4-10(15)8-16-13/h3-8H,2H2,1H3,(H,16,17). The van der Waals surface area contributed by atoms with Gasteiger partial charge in [-0.3, -0.25) is 4.72 Å². The minimum absolute atomic E-state index is 0.00880. The minimum Gasteiger partial charge on any atom is -0.492 e. The van der Waals surface area contributed by atoms with E-state index in [9.17, 15) is 8.42 Å². The highest BCUT2D eigenvalue weighted by molar-refractivity contribution is 7.92. The first-order valence-electron chi connectivity index (χ1n) is 5.99. The Kier molecular flexibility index (Phi) is 4.92. The molecule has 8 heteroatoms. The molecule has 112 valence electrons. The Hall–Kier alpha value is -1.50. The van der Waals surface area contributed by atoms with Gasteiger partial charge in [-0.1, -0.05) is 23.2 Å². The highest BCUT2D eigenvalue weighted by Crippen LogP contribution is 2.28. The van der Waals surface area contributed by atoms with Crippen LogP contribution < -0.4 is 9.46 Å². The Labute approximate surface area is 132 Å². The van der Waals surface area contributed by atoms with E-state index in [1.165, 1.54) is 36.5 Å². The summed E-state index contributed by atoms with van der Waals surface area (Å²) in [6.45, 7) is 2.08. The van der Waals surface area contributed by atoms with Crippen LogP contribution in [0.1, 0.15) is 6.92 Å². The van der Waals surface area contributed by atoms with Crippen molar-refractivity contribution in [3.05, 3.63) is 46.6 Å². The number of hydrogen-bond donors (Lipinski definition) is 1. The third-order valence-electron chi connectivity index (χ3n) is 2.46. The molecule has 0 bridgehead atoms. The summed E-state index contributed by atoms with van der Waals surface area (Å²) in [5, 5.41) is 0.807. The average molecular weight is 347 g/mol. The molecule has 2 aromatic rings. The molecular weight excluding hydrogens is 335 g/mol. The second-order valence-electron chi connectivity index (χ2n) is 3.99. The maximum atomic E-state index is 12.4. The van der Waals surface area contributed by atoms with Crippen LogP contribution in [0.2, 0.25) is 10.0 Å². The molecule has 0 unspecified atom stereocenters. The second kappa shape index (κ2) is 6.51.